The first-order chi connectivity index (χ1) is 13.0. The largest absolute Gasteiger partial charge is 0.493 e. The van der Waals surface area contributed by atoms with Crippen LogP contribution in [0, 0.1) is 20.8 Å². The number of rotatable bonds is 3. The summed E-state index contributed by atoms with van der Waals surface area (Å²) in [7, 11) is 0. The number of aromatic nitrogens is 2. The van der Waals surface area contributed by atoms with Gasteiger partial charge in [0.1, 0.15) is 0 Å². The Bertz CT molecular complexity index is 1200. The van der Waals surface area contributed by atoms with Gasteiger partial charge in [0.05, 0.1) is 11.0 Å². The van der Waals surface area contributed by atoms with Crippen molar-refractivity contribution >= 4 is 33.3 Å². The summed E-state index contributed by atoms with van der Waals surface area (Å²) in [5, 5.41) is 21.3. The molecule has 0 radical (unpaired) electrons. The number of para-hydroxylation sites is 1. The van der Waals surface area contributed by atoms with E-state index >= 15 is 0 Å². The Morgan fingerprint density at radius 2 is 1.74 bits per heavy atom. The van der Waals surface area contributed by atoms with Crippen LogP contribution in [0.15, 0.2) is 52.7 Å². The maximum absolute atomic E-state index is 10.6. The first kappa shape index (κ1) is 17.2. The molecule has 0 atom stereocenters. The van der Waals surface area contributed by atoms with Gasteiger partial charge in [-0.3, -0.25) is 0 Å². The second kappa shape index (κ2) is 6.50. The number of hydrogen-bond acceptors (Lipinski definition) is 4. The molecule has 136 valence electrons. The quantitative estimate of drug-likeness (QED) is 0.440. The average molecular weight is 358 g/mol. The van der Waals surface area contributed by atoms with Gasteiger partial charge in [-0.1, -0.05) is 29.8 Å². The molecule has 4 aromatic rings. The maximum atomic E-state index is 10.6. The van der Waals surface area contributed by atoms with Crippen molar-refractivity contribution in [2.24, 2.45) is 10.2 Å². The second-order valence-corrected chi connectivity index (χ2v) is 6.91. The van der Waals surface area contributed by atoms with Gasteiger partial charge in [0.25, 0.3) is 0 Å². The molecule has 0 fully saturated rings. The van der Waals surface area contributed by atoms with Gasteiger partial charge in [0, 0.05) is 17.3 Å². The van der Waals surface area contributed by atoms with E-state index in [1.54, 1.807) is 0 Å². The van der Waals surface area contributed by atoms with Crippen molar-refractivity contribution in [2.75, 3.05) is 0 Å². The number of aromatic hydroxyl groups is 1. The predicted octanol–water partition coefficient (Wildman–Crippen LogP) is 6.26. The van der Waals surface area contributed by atoms with Crippen molar-refractivity contribution in [1.82, 2.24) is 9.55 Å². The molecular weight excluding hydrogens is 336 g/mol. The minimum Gasteiger partial charge on any atom is -0.493 e. The first-order valence-corrected chi connectivity index (χ1v) is 9.10. The van der Waals surface area contributed by atoms with Gasteiger partial charge < -0.3 is 9.67 Å². The Balaban J connectivity index is 1.85. The number of pyridine rings is 1. The van der Waals surface area contributed by atoms with Crippen molar-refractivity contribution in [2.45, 2.75) is 34.2 Å². The number of nitrogens with zero attached hydrogens (tertiary/aromatic N) is 4. The summed E-state index contributed by atoms with van der Waals surface area (Å²) in [5.41, 5.74) is 5.82. The lowest BCUT2D eigenvalue weighted by Crippen LogP contribution is -1.91. The molecule has 5 nitrogen and oxygen atoms in total. The SMILES string of the molecule is CCn1c(O)c(N=Nc2cc(C)c3cc(C)cc(C)c3n2)c2ccccc21. The first-order valence-electron chi connectivity index (χ1n) is 9.10. The molecule has 0 spiro atoms. The van der Waals surface area contributed by atoms with Crippen molar-refractivity contribution in [3.63, 3.8) is 0 Å². The van der Waals surface area contributed by atoms with E-state index in [2.05, 4.69) is 48.1 Å². The monoisotopic (exact) mass is 358 g/mol. The molecular formula is C22H22N4O. The Labute approximate surface area is 158 Å². The fourth-order valence-electron chi connectivity index (χ4n) is 3.67. The predicted molar refractivity (Wildman–Crippen MR) is 109 cm³/mol. The van der Waals surface area contributed by atoms with Crippen LogP contribution < -0.4 is 0 Å². The normalized spacial score (nSPS) is 11.9. The molecule has 4 rings (SSSR count). The third kappa shape index (κ3) is 2.85. The van der Waals surface area contributed by atoms with Crippen LogP contribution in [0.1, 0.15) is 23.6 Å². The van der Waals surface area contributed by atoms with Crippen LogP contribution in [-0.4, -0.2) is 14.7 Å². The minimum atomic E-state index is 0.131. The summed E-state index contributed by atoms with van der Waals surface area (Å²) in [5.74, 6) is 0.673. The maximum Gasteiger partial charge on any atom is 0.220 e. The highest BCUT2D eigenvalue weighted by molar-refractivity contribution is 5.95. The van der Waals surface area contributed by atoms with Crippen LogP contribution in [0.25, 0.3) is 21.8 Å². The van der Waals surface area contributed by atoms with Gasteiger partial charge in [0.2, 0.25) is 5.88 Å². The number of fused-ring (bicyclic) bond motifs is 2. The van der Waals surface area contributed by atoms with Gasteiger partial charge in [-0.15, -0.1) is 10.2 Å². The van der Waals surface area contributed by atoms with E-state index in [-0.39, 0.29) is 5.88 Å². The number of azo groups is 1. The van der Waals surface area contributed by atoms with E-state index in [1.807, 2.05) is 41.8 Å². The van der Waals surface area contributed by atoms with E-state index in [9.17, 15) is 5.11 Å². The summed E-state index contributed by atoms with van der Waals surface area (Å²) in [6.45, 7) is 8.86. The highest BCUT2D eigenvalue weighted by Gasteiger charge is 2.15. The van der Waals surface area contributed by atoms with E-state index in [0.29, 0.717) is 18.1 Å². The zero-order chi connectivity index (χ0) is 19.1. The number of aryl methyl sites for hydroxylation is 4. The summed E-state index contributed by atoms with van der Waals surface area (Å²) in [6.07, 6.45) is 0. The lowest BCUT2D eigenvalue weighted by atomic mass is 10.0. The highest BCUT2D eigenvalue weighted by Crippen LogP contribution is 2.39. The molecule has 0 saturated carbocycles. The molecule has 2 heterocycles. The smallest absolute Gasteiger partial charge is 0.220 e. The molecule has 0 aliphatic rings. The lowest BCUT2D eigenvalue weighted by Gasteiger charge is -2.07. The fourth-order valence-corrected chi connectivity index (χ4v) is 3.67. The Hall–Kier alpha value is -3.21. The molecule has 5 heteroatoms. The van der Waals surface area contributed by atoms with Crippen molar-refractivity contribution in [3.8, 4) is 5.88 Å². The van der Waals surface area contributed by atoms with E-state index < -0.39 is 0 Å². The lowest BCUT2D eigenvalue weighted by molar-refractivity contribution is 0.427. The summed E-state index contributed by atoms with van der Waals surface area (Å²) in [6, 6.07) is 14.0. The van der Waals surface area contributed by atoms with Crippen LogP contribution in [0.4, 0.5) is 11.5 Å². The summed E-state index contributed by atoms with van der Waals surface area (Å²) >= 11 is 0. The van der Waals surface area contributed by atoms with Gasteiger partial charge >= 0.3 is 0 Å². The van der Waals surface area contributed by atoms with Crippen LogP contribution in [-0.2, 0) is 6.54 Å². The number of benzene rings is 2. The van der Waals surface area contributed by atoms with E-state index in [1.165, 1.54) is 5.56 Å². The van der Waals surface area contributed by atoms with Gasteiger partial charge in [-0.05, 0) is 57.0 Å². The van der Waals surface area contributed by atoms with Crippen molar-refractivity contribution in [1.29, 1.82) is 0 Å². The molecule has 27 heavy (non-hydrogen) atoms. The Morgan fingerprint density at radius 3 is 2.52 bits per heavy atom. The zero-order valence-electron chi connectivity index (χ0n) is 16.0. The molecule has 0 amide bonds. The molecule has 0 aliphatic heterocycles. The Kier molecular flexibility index (Phi) is 4.15. The van der Waals surface area contributed by atoms with E-state index in [4.69, 9.17) is 0 Å². The average Bonchev–Trinajstić information content (AvgIpc) is 2.91. The van der Waals surface area contributed by atoms with Gasteiger partial charge in [-0.25, -0.2) is 4.98 Å². The molecule has 1 N–H and O–H groups in total. The zero-order valence-corrected chi connectivity index (χ0v) is 16.0. The molecule has 0 bridgehead atoms. The molecule has 2 aromatic carbocycles. The van der Waals surface area contributed by atoms with Crippen molar-refractivity contribution < 1.29 is 5.11 Å². The molecule has 0 aliphatic carbocycles. The number of hydrogen-bond donors (Lipinski definition) is 1. The van der Waals surface area contributed by atoms with Crippen LogP contribution in [0.3, 0.4) is 0 Å². The second-order valence-electron chi connectivity index (χ2n) is 6.91. The summed E-state index contributed by atoms with van der Waals surface area (Å²) in [4.78, 5) is 4.68. The highest BCUT2D eigenvalue weighted by atomic mass is 16.3. The standard InChI is InChI=1S/C22H22N4O/c1-5-26-18-9-7-6-8-16(18)21(22(26)27)25-24-19-12-14(3)17-11-13(2)10-15(4)20(17)23-19/h6-12,27H,5H2,1-4H3. The van der Waals surface area contributed by atoms with Gasteiger partial charge in [0.15, 0.2) is 11.5 Å². The van der Waals surface area contributed by atoms with Crippen LogP contribution in [0.2, 0.25) is 0 Å². The fraction of sp³-hybridized carbons (Fsp3) is 0.227. The third-order valence-corrected chi connectivity index (χ3v) is 4.93. The molecule has 0 unspecified atom stereocenters. The minimum absolute atomic E-state index is 0.131. The topological polar surface area (TPSA) is 62.8 Å². The van der Waals surface area contributed by atoms with Crippen LogP contribution in [0.5, 0.6) is 5.88 Å². The van der Waals surface area contributed by atoms with E-state index in [0.717, 1.165) is 32.9 Å². The third-order valence-electron chi connectivity index (χ3n) is 4.93. The molecule has 0 saturated heterocycles. The van der Waals surface area contributed by atoms with Crippen molar-refractivity contribution in [3.05, 3.63) is 59.2 Å². The van der Waals surface area contributed by atoms with Crippen LogP contribution >= 0.6 is 0 Å². The Morgan fingerprint density at radius 1 is 0.963 bits per heavy atom. The molecule has 2 aromatic heterocycles. The summed E-state index contributed by atoms with van der Waals surface area (Å²) < 4.78 is 1.83. The van der Waals surface area contributed by atoms with Gasteiger partial charge in [-0.2, -0.15) is 0 Å².